The van der Waals surface area contributed by atoms with Crippen LogP contribution in [0.1, 0.15) is 31.4 Å². The van der Waals surface area contributed by atoms with Crippen LogP contribution in [0.2, 0.25) is 0 Å². The lowest BCUT2D eigenvalue weighted by atomic mass is 10.0. The number of nitrogens with one attached hydrogen (secondary N) is 1. The van der Waals surface area contributed by atoms with Crippen LogP contribution < -0.4 is 11.1 Å². The van der Waals surface area contributed by atoms with Crippen LogP contribution in [0.4, 0.5) is 0 Å². The molecule has 1 amide bonds. The molecule has 1 atom stereocenters. The number of benzene rings is 1. The third-order valence-corrected chi connectivity index (χ3v) is 2.85. The molecule has 0 radical (unpaired) electrons. The Morgan fingerprint density at radius 3 is 2.67 bits per heavy atom. The first-order chi connectivity index (χ1) is 8.51. The largest absolute Gasteiger partial charge is 0.352 e. The Bertz CT molecular complexity index is 388. The van der Waals surface area contributed by atoms with E-state index in [1.165, 1.54) is 5.56 Å². The zero-order valence-corrected chi connectivity index (χ0v) is 11.6. The third kappa shape index (κ3) is 5.32. The molecule has 3 nitrogen and oxygen atoms in total. The molecule has 0 saturated heterocycles. The highest BCUT2D eigenvalue weighted by Crippen LogP contribution is 2.06. The first kappa shape index (κ1) is 14.7. The molecule has 18 heavy (non-hydrogen) atoms. The smallest absolute Gasteiger partial charge is 0.224 e. The van der Waals surface area contributed by atoms with Crippen LogP contribution in [-0.4, -0.2) is 18.5 Å². The maximum atomic E-state index is 11.9. The van der Waals surface area contributed by atoms with Crippen molar-refractivity contribution < 1.29 is 4.79 Å². The van der Waals surface area contributed by atoms with Crippen LogP contribution in [0.3, 0.4) is 0 Å². The fraction of sp³-hybridized carbons (Fsp3) is 0.533. The molecule has 0 aromatic heterocycles. The second-order valence-electron chi connectivity index (χ2n) is 5.30. The summed E-state index contributed by atoms with van der Waals surface area (Å²) >= 11 is 0. The molecule has 1 aromatic rings. The van der Waals surface area contributed by atoms with E-state index >= 15 is 0 Å². The summed E-state index contributed by atoms with van der Waals surface area (Å²) in [5.41, 5.74) is 7.90. The van der Waals surface area contributed by atoms with Crippen LogP contribution in [0.25, 0.3) is 0 Å². The van der Waals surface area contributed by atoms with Gasteiger partial charge in [0.05, 0.1) is 6.42 Å². The van der Waals surface area contributed by atoms with Crippen molar-refractivity contribution in [3.63, 3.8) is 0 Å². The number of rotatable bonds is 6. The number of carbonyl (C=O) groups excluding carboxylic acids is 1. The topological polar surface area (TPSA) is 55.1 Å². The van der Waals surface area contributed by atoms with Crippen molar-refractivity contribution in [2.75, 3.05) is 6.54 Å². The highest BCUT2D eigenvalue weighted by Gasteiger charge is 2.12. The number of hydrogen-bond donors (Lipinski definition) is 2. The van der Waals surface area contributed by atoms with Crippen molar-refractivity contribution in [3.05, 3.63) is 35.4 Å². The summed E-state index contributed by atoms with van der Waals surface area (Å²) in [7, 11) is 0. The molecule has 0 saturated carbocycles. The van der Waals surface area contributed by atoms with Crippen LogP contribution in [0.5, 0.6) is 0 Å². The Labute approximate surface area is 110 Å². The highest BCUT2D eigenvalue weighted by molar-refractivity contribution is 5.78. The van der Waals surface area contributed by atoms with Gasteiger partial charge in [-0.1, -0.05) is 43.7 Å². The van der Waals surface area contributed by atoms with Crippen LogP contribution in [0.15, 0.2) is 24.3 Å². The van der Waals surface area contributed by atoms with Gasteiger partial charge in [0.15, 0.2) is 0 Å². The number of aryl methyl sites for hydroxylation is 1. The molecule has 0 bridgehead atoms. The maximum Gasteiger partial charge on any atom is 0.224 e. The van der Waals surface area contributed by atoms with Gasteiger partial charge in [0.25, 0.3) is 0 Å². The van der Waals surface area contributed by atoms with Gasteiger partial charge in [0.1, 0.15) is 0 Å². The van der Waals surface area contributed by atoms with Crippen molar-refractivity contribution >= 4 is 5.91 Å². The van der Waals surface area contributed by atoms with E-state index in [9.17, 15) is 4.79 Å². The predicted octanol–water partition coefficient (Wildman–Crippen LogP) is 2.03. The Morgan fingerprint density at radius 1 is 1.39 bits per heavy atom. The van der Waals surface area contributed by atoms with Gasteiger partial charge < -0.3 is 11.1 Å². The summed E-state index contributed by atoms with van der Waals surface area (Å²) in [5, 5.41) is 3.00. The van der Waals surface area contributed by atoms with E-state index in [2.05, 4.69) is 19.2 Å². The number of hydrogen-bond acceptors (Lipinski definition) is 2. The van der Waals surface area contributed by atoms with E-state index in [0.717, 1.165) is 12.0 Å². The van der Waals surface area contributed by atoms with Gasteiger partial charge in [0, 0.05) is 12.6 Å². The van der Waals surface area contributed by atoms with E-state index in [-0.39, 0.29) is 11.9 Å². The molecular weight excluding hydrogens is 224 g/mol. The summed E-state index contributed by atoms with van der Waals surface area (Å²) in [6, 6.07) is 8.11. The van der Waals surface area contributed by atoms with Crippen molar-refractivity contribution in [2.24, 2.45) is 11.7 Å². The van der Waals surface area contributed by atoms with Crippen LogP contribution >= 0.6 is 0 Å². The van der Waals surface area contributed by atoms with E-state index in [4.69, 9.17) is 5.73 Å². The van der Waals surface area contributed by atoms with Crippen molar-refractivity contribution in [3.8, 4) is 0 Å². The molecule has 0 aliphatic heterocycles. The van der Waals surface area contributed by atoms with Gasteiger partial charge in [-0.15, -0.1) is 0 Å². The second kappa shape index (κ2) is 7.17. The lowest BCUT2D eigenvalue weighted by molar-refractivity contribution is -0.121. The molecule has 3 N–H and O–H groups in total. The summed E-state index contributed by atoms with van der Waals surface area (Å²) < 4.78 is 0. The molecule has 0 fully saturated rings. The summed E-state index contributed by atoms with van der Waals surface area (Å²) in [6.45, 7) is 6.80. The van der Waals surface area contributed by atoms with Gasteiger partial charge >= 0.3 is 0 Å². The Balaban J connectivity index is 2.50. The summed E-state index contributed by atoms with van der Waals surface area (Å²) in [4.78, 5) is 11.9. The first-order valence-electron chi connectivity index (χ1n) is 6.56. The van der Waals surface area contributed by atoms with Gasteiger partial charge in [0.2, 0.25) is 5.91 Å². The third-order valence-electron chi connectivity index (χ3n) is 2.85. The normalized spacial score (nSPS) is 12.5. The first-order valence-corrected chi connectivity index (χ1v) is 6.56. The summed E-state index contributed by atoms with van der Waals surface area (Å²) in [6.07, 6.45) is 1.35. The molecule has 0 spiro atoms. The predicted molar refractivity (Wildman–Crippen MR) is 75.3 cm³/mol. The van der Waals surface area contributed by atoms with Crippen LogP contribution in [0, 0.1) is 12.8 Å². The molecule has 0 aliphatic carbocycles. The second-order valence-corrected chi connectivity index (χ2v) is 5.30. The lowest BCUT2D eigenvalue weighted by Crippen LogP contribution is -2.41. The zero-order chi connectivity index (χ0) is 13.5. The standard InChI is InChI=1S/C15H24N2O/c1-11(2)7-14(10-16)17-15(18)9-13-6-4-5-12(3)8-13/h4-6,8,11,14H,7,9-10,16H2,1-3H3,(H,17,18). The molecule has 1 unspecified atom stereocenters. The van der Waals surface area contributed by atoms with E-state index in [1.807, 2.05) is 31.2 Å². The SMILES string of the molecule is Cc1cccc(CC(=O)NC(CN)CC(C)C)c1. The zero-order valence-electron chi connectivity index (χ0n) is 11.6. The minimum Gasteiger partial charge on any atom is -0.352 e. The molecule has 1 rings (SSSR count). The van der Waals surface area contributed by atoms with E-state index < -0.39 is 0 Å². The monoisotopic (exact) mass is 248 g/mol. The minimum atomic E-state index is 0.0525. The fourth-order valence-corrected chi connectivity index (χ4v) is 2.07. The quantitative estimate of drug-likeness (QED) is 0.809. The average molecular weight is 248 g/mol. The van der Waals surface area contributed by atoms with Gasteiger partial charge in [-0.3, -0.25) is 4.79 Å². The molecule has 3 heteroatoms. The van der Waals surface area contributed by atoms with Crippen molar-refractivity contribution in [2.45, 2.75) is 39.7 Å². The van der Waals surface area contributed by atoms with Crippen molar-refractivity contribution in [1.82, 2.24) is 5.32 Å². The van der Waals surface area contributed by atoms with Gasteiger partial charge in [-0.25, -0.2) is 0 Å². The fourth-order valence-electron chi connectivity index (χ4n) is 2.07. The molecular formula is C15H24N2O. The Morgan fingerprint density at radius 2 is 2.11 bits per heavy atom. The van der Waals surface area contributed by atoms with Gasteiger partial charge in [-0.05, 0) is 24.8 Å². The number of nitrogens with two attached hydrogens (primary N) is 1. The van der Waals surface area contributed by atoms with Crippen LogP contribution in [-0.2, 0) is 11.2 Å². The average Bonchev–Trinajstić information content (AvgIpc) is 2.27. The Hall–Kier alpha value is -1.35. The Kier molecular flexibility index (Phi) is 5.86. The summed E-state index contributed by atoms with van der Waals surface area (Å²) in [5.74, 6) is 0.592. The molecule has 0 heterocycles. The van der Waals surface area contributed by atoms with Gasteiger partial charge in [-0.2, -0.15) is 0 Å². The molecule has 1 aromatic carbocycles. The number of amides is 1. The maximum absolute atomic E-state index is 11.9. The molecule has 0 aliphatic rings. The van der Waals surface area contributed by atoms with E-state index in [0.29, 0.717) is 18.9 Å². The minimum absolute atomic E-state index is 0.0525. The van der Waals surface area contributed by atoms with E-state index in [1.54, 1.807) is 0 Å². The number of carbonyl (C=O) groups is 1. The van der Waals surface area contributed by atoms with Crippen molar-refractivity contribution in [1.29, 1.82) is 0 Å². The highest BCUT2D eigenvalue weighted by atomic mass is 16.1. The molecule has 100 valence electrons. The lowest BCUT2D eigenvalue weighted by Gasteiger charge is -2.18.